The maximum absolute atomic E-state index is 13.0. The van der Waals surface area contributed by atoms with Crippen LogP contribution in [-0.4, -0.2) is 69.3 Å². The Morgan fingerprint density at radius 1 is 0.966 bits per heavy atom. The van der Waals surface area contributed by atoms with Gasteiger partial charge in [-0.15, -0.1) is 0 Å². The van der Waals surface area contributed by atoms with E-state index >= 15 is 0 Å². The van der Waals surface area contributed by atoms with Crippen molar-refractivity contribution >= 4 is 21.7 Å². The molecule has 3 rings (SSSR count). The zero-order valence-corrected chi connectivity index (χ0v) is 16.8. The van der Waals surface area contributed by atoms with E-state index < -0.39 is 16.0 Å². The van der Waals surface area contributed by atoms with Crippen LogP contribution in [0.1, 0.15) is 10.4 Å². The molecule has 29 heavy (non-hydrogen) atoms. The number of hydrogen-bond acceptors (Lipinski definition) is 7. The normalized spacial score (nSPS) is 15.2. The number of piperazine rings is 1. The van der Waals surface area contributed by atoms with E-state index in [0.29, 0.717) is 30.3 Å². The predicted molar refractivity (Wildman–Crippen MR) is 106 cm³/mol. The second kappa shape index (κ2) is 8.18. The number of aromatic carboxylic acids is 1. The van der Waals surface area contributed by atoms with Gasteiger partial charge >= 0.3 is 5.97 Å². The summed E-state index contributed by atoms with van der Waals surface area (Å²) in [7, 11) is -0.799. The molecule has 0 aliphatic carbocycles. The molecule has 0 unspecified atom stereocenters. The number of hydrogen-bond donors (Lipinski definition) is 2. The monoisotopic (exact) mass is 422 g/mol. The number of rotatable bonds is 6. The van der Waals surface area contributed by atoms with E-state index in [9.17, 15) is 18.3 Å². The molecule has 2 aromatic carbocycles. The van der Waals surface area contributed by atoms with E-state index in [1.54, 1.807) is 12.1 Å². The Balaban J connectivity index is 1.76. The van der Waals surface area contributed by atoms with Gasteiger partial charge in [0.2, 0.25) is 10.0 Å². The average Bonchev–Trinajstić information content (AvgIpc) is 2.73. The molecule has 1 aliphatic rings. The Labute approximate surface area is 168 Å². The highest BCUT2D eigenvalue weighted by Crippen LogP contribution is 2.31. The van der Waals surface area contributed by atoms with E-state index in [0.717, 1.165) is 0 Å². The highest BCUT2D eigenvalue weighted by atomic mass is 32.2. The second-order valence-corrected chi connectivity index (χ2v) is 8.35. The van der Waals surface area contributed by atoms with Crippen molar-refractivity contribution in [3.05, 3.63) is 42.0 Å². The van der Waals surface area contributed by atoms with Crippen molar-refractivity contribution in [3.8, 4) is 17.2 Å². The number of carboxylic acid groups (broad SMARTS) is 1. The zero-order chi connectivity index (χ0) is 21.2. The zero-order valence-electron chi connectivity index (χ0n) is 16.0. The number of methoxy groups -OCH3 is 2. The molecule has 0 bridgehead atoms. The van der Waals surface area contributed by atoms with Gasteiger partial charge in [-0.3, -0.25) is 0 Å². The number of aromatic hydroxyl groups is 1. The van der Waals surface area contributed by atoms with Crippen LogP contribution in [0.4, 0.5) is 5.69 Å². The lowest BCUT2D eigenvalue weighted by atomic mass is 10.1. The highest BCUT2D eigenvalue weighted by molar-refractivity contribution is 7.89. The third kappa shape index (κ3) is 4.08. The minimum absolute atomic E-state index is 0.112. The van der Waals surface area contributed by atoms with Gasteiger partial charge in [0, 0.05) is 37.9 Å². The fraction of sp³-hybridized carbons (Fsp3) is 0.316. The Morgan fingerprint density at radius 3 is 2.21 bits per heavy atom. The first-order chi connectivity index (χ1) is 13.8. The summed E-state index contributed by atoms with van der Waals surface area (Å²) < 4.78 is 37.7. The summed E-state index contributed by atoms with van der Waals surface area (Å²) in [4.78, 5) is 13.2. The van der Waals surface area contributed by atoms with Crippen molar-refractivity contribution in [2.45, 2.75) is 4.90 Å². The van der Waals surface area contributed by atoms with Crippen molar-refractivity contribution in [2.75, 3.05) is 45.3 Å². The highest BCUT2D eigenvalue weighted by Gasteiger charge is 2.29. The molecule has 1 fully saturated rings. The van der Waals surface area contributed by atoms with Crippen LogP contribution >= 0.6 is 0 Å². The SMILES string of the molecule is COc1ccc(S(=O)(=O)N2CCN(c3ccc(O)c(C(=O)O)c3)CC2)cc1OC. The molecule has 0 radical (unpaired) electrons. The number of benzene rings is 2. The molecule has 1 aliphatic heterocycles. The molecule has 2 N–H and O–H groups in total. The van der Waals surface area contributed by atoms with Gasteiger partial charge in [-0.1, -0.05) is 0 Å². The standard InChI is InChI=1S/C19H22N2O7S/c1-27-17-6-4-14(12-18(17)28-2)29(25,26)21-9-7-20(8-10-21)13-3-5-16(22)15(11-13)19(23)24/h3-6,11-12,22H,7-10H2,1-2H3,(H,23,24). The summed E-state index contributed by atoms with van der Waals surface area (Å²) >= 11 is 0. The first-order valence-corrected chi connectivity index (χ1v) is 10.3. The molecule has 2 aromatic rings. The van der Waals surface area contributed by atoms with Crippen LogP contribution in [0.15, 0.2) is 41.3 Å². The van der Waals surface area contributed by atoms with Crippen molar-refractivity contribution in [1.82, 2.24) is 4.31 Å². The Kier molecular flexibility index (Phi) is 5.85. The molecule has 1 heterocycles. The molecule has 0 atom stereocenters. The second-order valence-electron chi connectivity index (χ2n) is 6.41. The molecule has 0 spiro atoms. The van der Waals surface area contributed by atoms with Crippen LogP contribution in [0.5, 0.6) is 17.2 Å². The van der Waals surface area contributed by atoms with E-state index in [1.807, 2.05) is 4.90 Å². The number of ether oxygens (including phenoxy) is 2. The minimum Gasteiger partial charge on any atom is -0.507 e. The fourth-order valence-electron chi connectivity index (χ4n) is 3.20. The summed E-state index contributed by atoms with van der Waals surface area (Å²) in [6.07, 6.45) is 0. The van der Waals surface area contributed by atoms with Crippen LogP contribution in [0.3, 0.4) is 0 Å². The average molecular weight is 422 g/mol. The summed E-state index contributed by atoms with van der Waals surface area (Å²) in [6.45, 7) is 1.24. The summed E-state index contributed by atoms with van der Waals surface area (Å²) in [5, 5.41) is 18.8. The van der Waals surface area contributed by atoms with Gasteiger partial charge in [0.1, 0.15) is 11.3 Å². The van der Waals surface area contributed by atoms with Crippen LogP contribution in [-0.2, 0) is 10.0 Å². The van der Waals surface area contributed by atoms with Gasteiger partial charge in [-0.2, -0.15) is 4.31 Å². The third-order valence-corrected chi connectivity index (χ3v) is 6.70. The van der Waals surface area contributed by atoms with E-state index in [-0.39, 0.29) is 29.3 Å². The topological polar surface area (TPSA) is 117 Å². The maximum atomic E-state index is 13.0. The van der Waals surface area contributed by atoms with Crippen molar-refractivity contribution in [2.24, 2.45) is 0 Å². The number of carbonyl (C=O) groups is 1. The van der Waals surface area contributed by atoms with Crippen LogP contribution in [0.25, 0.3) is 0 Å². The lowest BCUT2D eigenvalue weighted by molar-refractivity contribution is 0.0693. The lowest BCUT2D eigenvalue weighted by Crippen LogP contribution is -2.48. The predicted octanol–water partition coefficient (Wildman–Crippen LogP) is 1.62. The molecule has 0 saturated carbocycles. The number of phenols is 1. The van der Waals surface area contributed by atoms with Gasteiger partial charge in [0.25, 0.3) is 0 Å². The maximum Gasteiger partial charge on any atom is 0.339 e. The summed E-state index contributed by atoms with van der Waals surface area (Å²) in [5.74, 6) is -0.759. The van der Waals surface area contributed by atoms with Gasteiger partial charge in [0.05, 0.1) is 19.1 Å². The molecule has 9 nitrogen and oxygen atoms in total. The molecule has 156 valence electrons. The van der Waals surface area contributed by atoms with Gasteiger partial charge < -0.3 is 24.6 Å². The fourth-order valence-corrected chi connectivity index (χ4v) is 4.64. The molecular weight excluding hydrogens is 400 g/mol. The number of carboxylic acids is 1. The largest absolute Gasteiger partial charge is 0.507 e. The van der Waals surface area contributed by atoms with E-state index in [4.69, 9.17) is 14.6 Å². The van der Waals surface area contributed by atoms with Gasteiger partial charge in [-0.05, 0) is 30.3 Å². The number of sulfonamides is 1. The first kappa shape index (κ1) is 20.7. The van der Waals surface area contributed by atoms with E-state index in [1.165, 1.54) is 42.8 Å². The van der Waals surface area contributed by atoms with Crippen LogP contribution < -0.4 is 14.4 Å². The Hall–Kier alpha value is -2.98. The smallest absolute Gasteiger partial charge is 0.339 e. The van der Waals surface area contributed by atoms with Gasteiger partial charge in [-0.25, -0.2) is 13.2 Å². The summed E-state index contributed by atoms with van der Waals surface area (Å²) in [6, 6.07) is 8.77. The van der Waals surface area contributed by atoms with Crippen LogP contribution in [0.2, 0.25) is 0 Å². The molecule has 10 heteroatoms. The Bertz CT molecular complexity index is 1020. The quantitative estimate of drug-likeness (QED) is 0.721. The van der Waals surface area contributed by atoms with Crippen molar-refractivity contribution in [3.63, 3.8) is 0 Å². The van der Waals surface area contributed by atoms with Crippen LogP contribution in [0, 0.1) is 0 Å². The minimum atomic E-state index is -3.72. The van der Waals surface area contributed by atoms with Gasteiger partial charge in [0.15, 0.2) is 11.5 Å². The molecule has 0 amide bonds. The number of anilines is 1. The number of nitrogens with zero attached hydrogens (tertiary/aromatic N) is 2. The molecule has 1 saturated heterocycles. The summed E-state index contributed by atoms with van der Waals surface area (Å²) in [5.41, 5.74) is 0.422. The first-order valence-electron chi connectivity index (χ1n) is 8.81. The molecular formula is C19H22N2O7S. The Morgan fingerprint density at radius 2 is 1.62 bits per heavy atom. The molecule has 0 aromatic heterocycles. The lowest BCUT2D eigenvalue weighted by Gasteiger charge is -2.35. The van der Waals surface area contributed by atoms with E-state index in [2.05, 4.69) is 0 Å². The van der Waals surface area contributed by atoms with Crippen molar-refractivity contribution in [1.29, 1.82) is 0 Å². The third-order valence-electron chi connectivity index (χ3n) is 4.81. The van der Waals surface area contributed by atoms with Crippen molar-refractivity contribution < 1.29 is 32.9 Å².